The third kappa shape index (κ3) is 6.65. The second-order valence-electron chi connectivity index (χ2n) is 10.6. The first-order valence-electron chi connectivity index (χ1n) is 13.5. The van der Waals surface area contributed by atoms with Crippen molar-refractivity contribution < 1.29 is 27.6 Å². The van der Waals surface area contributed by atoms with E-state index >= 15 is 4.39 Å². The molecule has 1 aliphatic heterocycles. The summed E-state index contributed by atoms with van der Waals surface area (Å²) in [5, 5.41) is 12.1. The SMILES string of the molecule is C=C/C=C(\C=C(C)C)N(C(=O)[C@@H]1CCC(=O)N1c1nccc(C#N)c1F)[C@H](C(=O)NC1CC(F)(F)C1)c1ccccc1Cl. The number of nitrogens with one attached hydrogen (secondary N) is 1. The highest BCUT2D eigenvalue weighted by molar-refractivity contribution is 6.31. The summed E-state index contributed by atoms with van der Waals surface area (Å²) in [6.07, 6.45) is 4.35. The van der Waals surface area contributed by atoms with Crippen LogP contribution in [0.4, 0.5) is 19.0 Å². The average molecular weight is 612 g/mol. The van der Waals surface area contributed by atoms with Crippen molar-refractivity contribution in [3.8, 4) is 6.07 Å². The van der Waals surface area contributed by atoms with Crippen LogP contribution in [0.15, 0.2) is 72.6 Å². The number of allylic oxidation sites excluding steroid dienone is 4. The number of carbonyl (C=O) groups is 3. The Morgan fingerprint density at radius 2 is 1.98 bits per heavy atom. The number of amides is 3. The molecule has 224 valence electrons. The molecule has 1 aliphatic carbocycles. The Kier molecular flexibility index (Phi) is 9.40. The fourth-order valence-electron chi connectivity index (χ4n) is 5.19. The number of nitriles is 1. The number of pyridine rings is 1. The van der Waals surface area contributed by atoms with E-state index in [0.717, 1.165) is 27.6 Å². The molecule has 12 heteroatoms. The number of hydrogen-bond donors (Lipinski definition) is 1. The first-order valence-corrected chi connectivity index (χ1v) is 13.9. The first kappa shape index (κ1) is 31.5. The number of carbonyl (C=O) groups excluding carboxylic acids is 3. The van der Waals surface area contributed by atoms with E-state index in [1.165, 1.54) is 24.3 Å². The maximum absolute atomic E-state index is 15.3. The summed E-state index contributed by atoms with van der Waals surface area (Å²) in [5.41, 5.74) is 0.759. The van der Waals surface area contributed by atoms with Gasteiger partial charge in [0.15, 0.2) is 11.6 Å². The van der Waals surface area contributed by atoms with Gasteiger partial charge in [-0.1, -0.05) is 48.0 Å². The summed E-state index contributed by atoms with van der Waals surface area (Å²) in [6.45, 7) is 7.25. The molecule has 0 unspecified atom stereocenters. The van der Waals surface area contributed by atoms with E-state index in [0.29, 0.717) is 0 Å². The van der Waals surface area contributed by atoms with E-state index in [1.807, 2.05) is 0 Å². The van der Waals surface area contributed by atoms with Crippen LogP contribution in [0.5, 0.6) is 0 Å². The lowest BCUT2D eigenvalue weighted by atomic mass is 9.87. The number of rotatable bonds is 9. The molecule has 0 spiro atoms. The number of aromatic nitrogens is 1. The lowest BCUT2D eigenvalue weighted by Crippen LogP contribution is -2.55. The topological polar surface area (TPSA) is 106 Å². The first-order chi connectivity index (χ1) is 20.4. The monoisotopic (exact) mass is 611 g/mol. The molecule has 1 saturated carbocycles. The minimum absolute atomic E-state index is 0.0477. The van der Waals surface area contributed by atoms with Crippen molar-refractivity contribution in [3.05, 3.63) is 94.6 Å². The number of nitrogens with zero attached hydrogens (tertiary/aromatic N) is 4. The highest BCUT2D eigenvalue weighted by Crippen LogP contribution is 2.40. The van der Waals surface area contributed by atoms with Crippen LogP contribution in [0.2, 0.25) is 5.02 Å². The fraction of sp³-hybridized carbons (Fsp3) is 0.323. The average Bonchev–Trinajstić information content (AvgIpc) is 3.31. The van der Waals surface area contributed by atoms with Crippen molar-refractivity contribution in [1.29, 1.82) is 5.26 Å². The van der Waals surface area contributed by atoms with Crippen molar-refractivity contribution in [2.75, 3.05) is 4.90 Å². The van der Waals surface area contributed by atoms with Gasteiger partial charge in [0.1, 0.15) is 18.2 Å². The summed E-state index contributed by atoms with van der Waals surface area (Å²) < 4.78 is 42.6. The second-order valence-corrected chi connectivity index (χ2v) is 11.0. The van der Waals surface area contributed by atoms with Gasteiger partial charge in [-0.3, -0.25) is 24.2 Å². The van der Waals surface area contributed by atoms with Gasteiger partial charge in [0.2, 0.25) is 11.8 Å². The van der Waals surface area contributed by atoms with Crippen molar-refractivity contribution in [2.45, 2.75) is 63.6 Å². The van der Waals surface area contributed by atoms with Crippen LogP contribution in [0, 0.1) is 17.1 Å². The van der Waals surface area contributed by atoms with Gasteiger partial charge < -0.3 is 5.32 Å². The molecule has 2 fully saturated rings. The summed E-state index contributed by atoms with van der Waals surface area (Å²) in [7, 11) is 0. The second kappa shape index (κ2) is 12.8. The Hall–Kier alpha value is -4.43. The van der Waals surface area contributed by atoms with Gasteiger partial charge in [-0.05, 0) is 44.6 Å². The molecule has 4 rings (SSSR count). The molecule has 3 amide bonds. The quantitative estimate of drug-likeness (QED) is 0.363. The molecular formula is C31H29ClF3N5O3. The molecule has 0 bridgehead atoms. The molecule has 1 aromatic heterocycles. The van der Waals surface area contributed by atoms with E-state index in [1.54, 1.807) is 38.1 Å². The van der Waals surface area contributed by atoms with Crippen LogP contribution in [0.1, 0.15) is 56.7 Å². The largest absolute Gasteiger partial charge is 0.351 e. The lowest BCUT2D eigenvalue weighted by molar-refractivity contribution is -0.142. The summed E-state index contributed by atoms with van der Waals surface area (Å²) >= 11 is 6.54. The number of alkyl halides is 2. The summed E-state index contributed by atoms with van der Waals surface area (Å²) in [6, 6.07) is 5.49. The minimum atomic E-state index is -2.91. The zero-order valence-electron chi connectivity index (χ0n) is 23.5. The van der Waals surface area contributed by atoms with E-state index in [2.05, 4.69) is 16.9 Å². The Balaban J connectivity index is 1.88. The molecule has 43 heavy (non-hydrogen) atoms. The van der Waals surface area contributed by atoms with Gasteiger partial charge in [0.05, 0.1) is 5.56 Å². The van der Waals surface area contributed by atoms with Gasteiger partial charge in [-0.25, -0.2) is 18.2 Å². The molecule has 8 nitrogen and oxygen atoms in total. The molecular weight excluding hydrogens is 583 g/mol. The number of benzene rings is 1. The van der Waals surface area contributed by atoms with E-state index in [4.69, 9.17) is 11.6 Å². The maximum atomic E-state index is 15.3. The number of hydrogen-bond acceptors (Lipinski definition) is 5. The van der Waals surface area contributed by atoms with Crippen molar-refractivity contribution in [2.24, 2.45) is 0 Å². The van der Waals surface area contributed by atoms with E-state index in [9.17, 15) is 28.4 Å². The highest BCUT2D eigenvalue weighted by atomic mass is 35.5. The normalized spacial score (nSPS) is 18.7. The van der Waals surface area contributed by atoms with Crippen molar-refractivity contribution in [3.63, 3.8) is 0 Å². The summed E-state index contributed by atoms with van der Waals surface area (Å²) in [5.74, 6) is -6.63. The lowest BCUT2D eigenvalue weighted by Gasteiger charge is -2.39. The zero-order chi connectivity index (χ0) is 31.5. The third-order valence-corrected chi connectivity index (χ3v) is 7.44. The number of halogens is 4. The van der Waals surface area contributed by atoms with Crippen molar-refractivity contribution in [1.82, 2.24) is 15.2 Å². The van der Waals surface area contributed by atoms with E-state index in [-0.39, 0.29) is 34.7 Å². The Bertz CT molecular complexity index is 1560. The van der Waals surface area contributed by atoms with E-state index < -0.39 is 66.2 Å². The number of anilines is 1. The van der Waals surface area contributed by atoms with Gasteiger partial charge in [0.25, 0.3) is 11.8 Å². The van der Waals surface area contributed by atoms with Gasteiger partial charge >= 0.3 is 0 Å². The zero-order valence-corrected chi connectivity index (χ0v) is 24.2. The van der Waals surface area contributed by atoms with Gasteiger partial charge in [0, 0.05) is 47.8 Å². The molecule has 1 aromatic carbocycles. The molecule has 2 atom stereocenters. The summed E-state index contributed by atoms with van der Waals surface area (Å²) in [4.78, 5) is 47.6. The van der Waals surface area contributed by atoms with Gasteiger partial charge in [-0.2, -0.15) is 5.26 Å². The molecule has 1 saturated heterocycles. The Labute approximate surface area is 252 Å². The Morgan fingerprint density at radius 1 is 1.28 bits per heavy atom. The predicted octanol–water partition coefficient (Wildman–Crippen LogP) is 5.76. The minimum Gasteiger partial charge on any atom is -0.351 e. The standard InChI is InChI=1S/C31H29ClF3N5O3/c1-4-7-21(14-18(2)3)39(27(22-8-5-6-9-23(22)32)29(42)38-20-15-31(34,35)16-20)30(43)24-10-11-25(41)40(24)28-26(33)19(17-36)12-13-37-28/h4-9,12-14,20,24,27H,1,10-11,15-16H2,2-3H3,(H,38,42)/b21-7+/t24-,27-/m0/s1. The van der Waals surface area contributed by atoms with Gasteiger partial charge in [-0.15, -0.1) is 0 Å². The van der Waals surface area contributed by atoms with Crippen molar-refractivity contribution >= 4 is 35.1 Å². The Morgan fingerprint density at radius 3 is 2.58 bits per heavy atom. The molecule has 2 aromatic rings. The van der Waals surface area contributed by atoms with Crippen LogP contribution in [-0.4, -0.2) is 45.6 Å². The van der Waals surface area contributed by atoms with Crippen LogP contribution < -0.4 is 10.2 Å². The third-order valence-electron chi connectivity index (χ3n) is 7.10. The maximum Gasteiger partial charge on any atom is 0.252 e. The predicted molar refractivity (Wildman–Crippen MR) is 154 cm³/mol. The van der Waals surface area contributed by atoms with Crippen LogP contribution >= 0.6 is 11.6 Å². The molecule has 2 heterocycles. The fourth-order valence-corrected chi connectivity index (χ4v) is 5.43. The molecule has 1 N–H and O–H groups in total. The smallest absolute Gasteiger partial charge is 0.252 e. The highest BCUT2D eigenvalue weighted by Gasteiger charge is 2.49. The van der Waals surface area contributed by atoms with Crippen LogP contribution in [-0.2, 0) is 14.4 Å². The molecule has 0 radical (unpaired) electrons. The van der Waals surface area contributed by atoms with Crippen LogP contribution in [0.3, 0.4) is 0 Å². The molecule has 2 aliphatic rings. The van der Waals surface area contributed by atoms with Crippen LogP contribution in [0.25, 0.3) is 0 Å².